The lowest BCUT2D eigenvalue weighted by Gasteiger charge is -2.09. The van der Waals surface area contributed by atoms with Crippen LogP contribution in [0.25, 0.3) is 5.57 Å². The van der Waals surface area contributed by atoms with Crippen LogP contribution in [-0.4, -0.2) is 17.4 Å². The molecule has 0 spiro atoms. The van der Waals surface area contributed by atoms with Crippen LogP contribution in [0.15, 0.2) is 35.4 Å². The molecule has 1 aromatic carbocycles. The van der Waals surface area contributed by atoms with Gasteiger partial charge in [0, 0.05) is 4.90 Å². The largest absolute Gasteiger partial charge is 0.422 e. The SMILES string of the molecule is CSc1ccc(/C(=C\[N+](=O)[O-])C(F)(F)F)cc1. The topological polar surface area (TPSA) is 43.1 Å². The normalized spacial score (nSPS) is 12.6. The third kappa shape index (κ3) is 3.77. The zero-order chi connectivity index (χ0) is 13.1. The molecule has 7 heteroatoms. The Kier molecular flexibility index (Phi) is 4.17. The number of thioether (sulfide) groups is 1. The minimum atomic E-state index is -4.74. The summed E-state index contributed by atoms with van der Waals surface area (Å²) < 4.78 is 37.7. The fourth-order valence-corrected chi connectivity index (χ4v) is 1.60. The van der Waals surface area contributed by atoms with Gasteiger partial charge in [-0.15, -0.1) is 11.8 Å². The molecule has 0 N–H and O–H groups in total. The van der Waals surface area contributed by atoms with Crippen molar-refractivity contribution in [3.8, 4) is 0 Å². The quantitative estimate of drug-likeness (QED) is 0.475. The molecule has 1 aromatic rings. The Morgan fingerprint density at radius 2 is 1.88 bits per heavy atom. The smallest absolute Gasteiger partial charge is 0.259 e. The molecule has 17 heavy (non-hydrogen) atoms. The lowest BCUT2D eigenvalue weighted by molar-refractivity contribution is -0.402. The second kappa shape index (κ2) is 5.22. The van der Waals surface area contributed by atoms with Gasteiger partial charge in [-0.3, -0.25) is 10.1 Å². The van der Waals surface area contributed by atoms with Crippen LogP contribution in [0, 0.1) is 10.1 Å². The van der Waals surface area contributed by atoms with Gasteiger partial charge in [-0.05, 0) is 24.0 Å². The van der Waals surface area contributed by atoms with Gasteiger partial charge in [0.05, 0.1) is 4.92 Å². The summed E-state index contributed by atoms with van der Waals surface area (Å²) >= 11 is 1.38. The van der Waals surface area contributed by atoms with Crippen molar-refractivity contribution in [3.05, 3.63) is 46.1 Å². The van der Waals surface area contributed by atoms with Crippen molar-refractivity contribution in [2.75, 3.05) is 6.26 Å². The van der Waals surface area contributed by atoms with Crippen molar-refractivity contribution in [2.24, 2.45) is 0 Å². The highest BCUT2D eigenvalue weighted by Crippen LogP contribution is 2.34. The molecule has 0 bridgehead atoms. The van der Waals surface area contributed by atoms with Gasteiger partial charge >= 0.3 is 6.18 Å². The number of nitrogens with zero attached hydrogens (tertiary/aromatic N) is 1. The summed E-state index contributed by atoms with van der Waals surface area (Å²) in [6.45, 7) is 0. The molecule has 0 amide bonds. The van der Waals surface area contributed by atoms with E-state index in [1.54, 1.807) is 6.26 Å². The molecule has 0 fully saturated rings. The summed E-state index contributed by atoms with van der Waals surface area (Å²) in [6.07, 6.45) is -2.98. The van der Waals surface area contributed by atoms with Gasteiger partial charge in [-0.2, -0.15) is 13.2 Å². The van der Waals surface area contributed by atoms with Crippen LogP contribution in [0.5, 0.6) is 0 Å². The molecule has 0 unspecified atom stereocenters. The summed E-state index contributed by atoms with van der Waals surface area (Å²) in [5, 5.41) is 10.2. The maximum absolute atomic E-state index is 12.6. The standard InChI is InChI=1S/C10H8F3NO2S/c1-17-8-4-2-7(3-5-8)9(6-14(15)16)10(11,12)13/h2-6H,1H3/b9-6+. The van der Waals surface area contributed by atoms with Crippen LogP contribution < -0.4 is 0 Å². The summed E-state index contributed by atoms with van der Waals surface area (Å²) in [5.74, 6) is 0. The van der Waals surface area contributed by atoms with E-state index in [0.29, 0.717) is 0 Å². The van der Waals surface area contributed by atoms with E-state index in [4.69, 9.17) is 0 Å². The van der Waals surface area contributed by atoms with E-state index in [9.17, 15) is 23.3 Å². The molecule has 0 radical (unpaired) electrons. The van der Waals surface area contributed by atoms with E-state index in [1.807, 2.05) is 0 Å². The van der Waals surface area contributed by atoms with E-state index in [1.165, 1.54) is 36.0 Å². The summed E-state index contributed by atoms with van der Waals surface area (Å²) in [4.78, 5) is 9.86. The molecule has 0 aliphatic heterocycles. The number of halogens is 3. The van der Waals surface area contributed by atoms with Crippen LogP contribution in [-0.2, 0) is 0 Å². The first-order valence-corrected chi connectivity index (χ1v) is 5.64. The zero-order valence-corrected chi connectivity index (χ0v) is 9.51. The summed E-state index contributed by atoms with van der Waals surface area (Å²) in [7, 11) is 0. The third-order valence-electron chi connectivity index (χ3n) is 1.94. The second-order valence-electron chi connectivity index (χ2n) is 3.05. The molecule has 0 saturated carbocycles. The Morgan fingerprint density at radius 1 is 1.35 bits per heavy atom. The predicted molar refractivity (Wildman–Crippen MR) is 59.2 cm³/mol. The highest BCUT2D eigenvalue weighted by Gasteiger charge is 2.37. The molecule has 1 rings (SSSR count). The first kappa shape index (κ1) is 13.6. The van der Waals surface area contributed by atoms with E-state index in [-0.39, 0.29) is 11.8 Å². The van der Waals surface area contributed by atoms with Crippen molar-refractivity contribution >= 4 is 17.3 Å². The zero-order valence-electron chi connectivity index (χ0n) is 8.69. The summed E-state index contributed by atoms with van der Waals surface area (Å²) in [5.41, 5.74) is -1.47. The first-order chi connectivity index (χ1) is 7.84. The fourth-order valence-electron chi connectivity index (χ4n) is 1.19. The van der Waals surface area contributed by atoms with Gasteiger partial charge in [-0.1, -0.05) is 12.1 Å². The average Bonchev–Trinajstić information content (AvgIpc) is 2.24. The van der Waals surface area contributed by atoms with Crippen molar-refractivity contribution in [1.29, 1.82) is 0 Å². The molecule has 0 aromatic heterocycles. The van der Waals surface area contributed by atoms with Crippen LogP contribution in [0.4, 0.5) is 13.2 Å². The minimum Gasteiger partial charge on any atom is -0.259 e. The van der Waals surface area contributed by atoms with Crippen molar-refractivity contribution < 1.29 is 18.1 Å². The molecule has 0 atom stereocenters. The van der Waals surface area contributed by atoms with Crippen molar-refractivity contribution in [3.63, 3.8) is 0 Å². The van der Waals surface area contributed by atoms with Crippen LogP contribution in [0.3, 0.4) is 0 Å². The number of hydrogen-bond donors (Lipinski definition) is 0. The van der Waals surface area contributed by atoms with Crippen LogP contribution >= 0.6 is 11.8 Å². The Labute approximate surface area is 99.5 Å². The maximum Gasteiger partial charge on any atom is 0.422 e. The van der Waals surface area contributed by atoms with Gasteiger partial charge in [0.15, 0.2) is 0 Å². The fraction of sp³-hybridized carbons (Fsp3) is 0.200. The first-order valence-electron chi connectivity index (χ1n) is 4.41. The van der Waals surface area contributed by atoms with Gasteiger partial charge in [-0.25, -0.2) is 0 Å². The number of allylic oxidation sites excluding steroid dienone is 1. The number of rotatable bonds is 3. The lowest BCUT2D eigenvalue weighted by atomic mass is 10.1. The van der Waals surface area contributed by atoms with Gasteiger partial charge in [0.1, 0.15) is 5.57 Å². The molecular weight excluding hydrogens is 255 g/mol. The van der Waals surface area contributed by atoms with Crippen LogP contribution in [0.1, 0.15) is 5.56 Å². The minimum absolute atomic E-state index is 0.0197. The van der Waals surface area contributed by atoms with Crippen LogP contribution in [0.2, 0.25) is 0 Å². The average molecular weight is 263 g/mol. The number of benzene rings is 1. The molecular formula is C10H8F3NO2S. The molecule has 0 saturated heterocycles. The predicted octanol–water partition coefficient (Wildman–Crippen LogP) is 3.59. The van der Waals surface area contributed by atoms with E-state index in [0.717, 1.165) is 4.90 Å². The summed E-state index contributed by atoms with van der Waals surface area (Å²) in [6, 6.07) is 5.41. The molecule has 0 aliphatic rings. The van der Waals surface area contributed by atoms with Gasteiger partial charge < -0.3 is 0 Å². The van der Waals surface area contributed by atoms with E-state index in [2.05, 4.69) is 0 Å². The van der Waals surface area contributed by atoms with E-state index < -0.39 is 16.7 Å². The van der Waals surface area contributed by atoms with Gasteiger partial charge in [0.25, 0.3) is 0 Å². The Bertz CT molecular complexity index is 440. The lowest BCUT2D eigenvalue weighted by Crippen LogP contribution is -2.12. The van der Waals surface area contributed by atoms with Crippen molar-refractivity contribution in [2.45, 2.75) is 11.1 Å². The number of nitro groups is 1. The molecule has 0 aliphatic carbocycles. The second-order valence-corrected chi connectivity index (χ2v) is 3.93. The number of hydrogen-bond acceptors (Lipinski definition) is 3. The highest BCUT2D eigenvalue weighted by atomic mass is 32.2. The monoisotopic (exact) mass is 263 g/mol. The Morgan fingerprint density at radius 3 is 2.24 bits per heavy atom. The third-order valence-corrected chi connectivity index (χ3v) is 2.68. The maximum atomic E-state index is 12.6. The van der Waals surface area contributed by atoms with Crippen molar-refractivity contribution in [1.82, 2.24) is 0 Å². The van der Waals surface area contributed by atoms with Gasteiger partial charge in [0.2, 0.25) is 6.20 Å². The Balaban J connectivity index is 3.19. The highest BCUT2D eigenvalue weighted by molar-refractivity contribution is 7.98. The molecule has 0 heterocycles. The Hall–Kier alpha value is -1.50. The molecule has 3 nitrogen and oxygen atoms in total. The number of alkyl halides is 3. The van der Waals surface area contributed by atoms with E-state index >= 15 is 0 Å². The molecule has 92 valence electrons.